The van der Waals surface area contributed by atoms with Crippen molar-refractivity contribution in [1.82, 2.24) is 5.32 Å². The van der Waals surface area contributed by atoms with Crippen LogP contribution in [0, 0.1) is 0 Å². The molecule has 1 rings (SSSR count). The molecule has 1 aromatic carbocycles. The quantitative estimate of drug-likeness (QED) is 0.854. The summed E-state index contributed by atoms with van der Waals surface area (Å²) in [7, 11) is 1.46. The SMILES string of the molecule is CNCC(F)(F)c1ccc(Cl)c(Cl)c1. The topological polar surface area (TPSA) is 12.0 Å². The molecule has 78 valence electrons. The Balaban J connectivity index is 3.01. The standard InChI is InChI=1S/C9H9Cl2F2N/c1-14-5-9(12,13)6-2-3-7(10)8(11)4-6/h2-4,14H,5H2,1H3. The summed E-state index contributed by atoms with van der Waals surface area (Å²) >= 11 is 11.2. The number of rotatable bonds is 3. The lowest BCUT2D eigenvalue weighted by atomic mass is 10.1. The third-order valence-electron chi connectivity index (χ3n) is 1.74. The molecule has 0 aliphatic heterocycles. The van der Waals surface area contributed by atoms with Gasteiger partial charge in [0.1, 0.15) is 0 Å². The van der Waals surface area contributed by atoms with Crippen molar-refractivity contribution in [2.45, 2.75) is 5.92 Å². The summed E-state index contributed by atoms with van der Waals surface area (Å²) in [6.45, 7) is -0.426. The highest BCUT2D eigenvalue weighted by atomic mass is 35.5. The maximum Gasteiger partial charge on any atom is 0.285 e. The number of benzene rings is 1. The lowest BCUT2D eigenvalue weighted by Gasteiger charge is -2.16. The summed E-state index contributed by atoms with van der Waals surface area (Å²) in [5.74, 6) is -2.93. The van der Waals surface area contributed by atoms with Gasteiger partial charge in [-0.05, 0) is 19.2 Å². The maximum atomic E-state index is 13.3. The van der Waals surface area contributed by atoms with Gasteiger partial charge >= 0.3 is 0 Å². The zero-order valence-electron chi connectivity index (χ0n) is 7.45. The molecular formula is C9H9Cl2F2N. The van der Waals surface area contributed by atoms with Gasteiger partial charge in [0.25, 0.3) is 5.92 Å². The molecule has 0 aromatic heterocycles. The third kappa shape index (κ3) is 2.56. The van der Waals surface area contributed by atoms with E-state index in [0.29, 0.717) is 0 Å². The first-order valence-electron chi connectivity index (χ1n) is 3.95. The summed E-state index contributed by atoms with van der Waals surface area (Å²) in [4.78, 5) is 0. The van der Waals surface area contributed by atoms with Gasteiger partial charge in [0.2, 0.25) is 0 Å². The monoisotopic (exact) mass is 239 g/mol. The van der Waals surface area contributed by atoms with Crippen LogP contribution in [-0.2, 0) is 5.92 Å². The molecule has 0 heterocycles. The molecule has 1 aromatic rings. The number of hydrogen-bond acceptors (Lipinski definition) is 1. The van der Waals surface area contributed by atoms with Gasteiger partial charge in [-0.3, -0.25) is 0 Å². The summed E-state index contributed by atoms with van der Waals surface area (Å²) < 4.78 is 26.6. The van der Waals surface area contributed by atoms with Crippen molar-refractivity contribution in [3.05, 3.63) is 33.8 Å². The van der Waals surface area contributed by atoms with Crippen LogP contribution in [0.5, 0.6) is 0 Å². The molecule has 1 N–H and O–H groups in total. The highest BCUT2D eigenvalue weighted by molar-refractivity contribution is 6.42. The minimum atomic E-state index is -2.93. The van der Waals surface area contributed by atoms with E-state index in [2.05, 4.69) is 5.32 Å². The minimum absolute atomic E-state index is 0.138. The van der Waals surface area contributed by atoms with E-state index >= 15 is 0 Å². The van der Waals surface area contributed by atoms with E-state index < -0.39 is 12.5 Å². The molecule has 0 amide bonds. The van der Waals surface area contributed by atoms with Crippen LogP contribution in [0.1, 0.15) is 5.56 Å². The lowest BCUT2D eigenvalue weighted by Crippen LogP contribution is -2.28. The maximum absolute atomic E-state index is 13.3. The Morgan fingerprint density at radius 3 is 2.43 bits per heavy atom. The number of halogens is 4. The van der Waals surface area contributed by atoms with Gasteiger partial charge in [-0.25, -0.2) is 0 Å². The van der Waals surface area contributed by atoms with Gasteiger partial charge in [-0.2, -0.15) is 8.78 Å². The summed E-state index contributed by atoms with van der Waals surface area (Å²) in [6.07, 6.45) is 0. The van der Waals surface area contributed by atoms with Crippen molar-refractivity contribution >= 4 is 23.2 Å². The van der Waals surface area contributed by atoms with E-state index in [0.717, 1.165) is 0 Å². The second-order valence-corrected chi connectivity index (χ2v) is 3.68. The van der Waals surface area contributed by atoms with Crippen molar-refractivity contribution in [3.63, 3.8) is 0 Å². The first-order valence-corrected chi connectivity index (χ1v) is 4.71. The molecule has 0 saturated heterocycles. The number of hydrogen-bond donors (Lipinski definition) is 1. The fourth-order valence-corrected chi connectivity index (χ4v) is 1.35. The highest BCUT2D eigenvalue weighted by Gasteiger charge is 2.30. The molecule has 0 unspecified atom stereocenters. The average molecular weight is 240 g/mol. The average Bonchev–Trinajstić information content (AvgIpc) is 2.09. The first-order chi connectivity index (χ1) is 6.47. The molecule has 0 fully saturated rings. The molecule has 14 heavy (non-hydrogen) atoms. The molecule has 0 aliphatic carbocycles. The zero-order valence-corrected chi connectivity index (χ0v) is 8.96. The number of alkyl halides is 2. The van der Waals surface area contributed by atoms with Crippen molar-refractivity contribution in [3.8, 4) is 0 Å². The number of nitrogens with one attached hydrogen (secondary N) is 1. The Morgan fingerprint density at radius 2 is 1.93 bits per heavy atom. The smallest absolute Gasteiger partial charge is 0.285 e. The second kappa shape index (κ2) is 4.43. The van der Waals surface area contributed by atoms with Crippen LogP contribution >= 0.6 is 23.2 Å². The summed E-state index contributed by atoms with van der Waals surface area (Å²) in [5, 5.41) is 2.83. The Kier molecular flexibility index (Phi) is 3.70. The van der Waals surface area contributed by atoms with E-state index in [1.54, 1.807) is 0 Å². The summed E-state index contributed by atoms with van der Waals surface area (Å²) in [5.41, 5.74) is -0.138. The Bertz CT molecular complexity index is 329. The van der Waals surface area contributed by atoms with Gasteiger partial charge in [0.05, 0.1) is 16.6 Å². The molecule has 0 saturated carbocycles. The fraction of sp³-hybridized carbons (Fsp3) is 0.333. The Hall–Kier alpha value is -0.380. The molecule has 1 nitrogen and oxygen atoms in total. The van der Waals surface area contributed by atoms with Crippen molar-refractivity contribution < 1.29 is 8.78 Å². The van der Waals surface area contributed by atoms with Crippen LogP contribution in [0.25, 0.3) is 0 Å². The minimum Gasteiger partial charge on any atom is -0.314 e. The van der Waals surface area contributed by atoms with E-state index in [1.807, 2.05) is 0 Å². The summed E-state index contributed by atoms with van der Waals surface area (Å²) in [6, 6.07) is 3.82. The molecular weight excluding hydrogens is 231 g/mol. The van der Waals surface area contributed by atoms with Crippen LogP contribution < -0.4 is 5.32 Å². The van der Waals surface area contributed by atoms with Gasteiger partial charge < -0.3 is 5.32 Å². The molecule has 0 spiro atoms. The van der Waals surface area contributed by atoms with Gasteiger partial charge in [-0.15, -0.1) is 0 Å². The zero-order chi connectivity index (χ0) is 10.8. The lowest BCUT2D eigenvalue weighted by molar-refractivity contribution is -0.00124. The third-order valence-corrected chi connectivity index (χ3v) is 2.48. The second-order valence-electron chi connectivity index (χ2n) is 2.86. The van der Waals surface area contributed by atoms with E-state index in [9.17, 15) is 8.78 Å². The van der Waals surface area contributed by atoms with Gasteiger partial charge in [0, 0.05) is 5.56 Å². The van der Waals surface area contributed by atoms with Crippen molar-refractivity contribution in [2.75, 3.05) is 13.6 Å². The van der Waals surface area contributed by atoms with Crippen LogP contribution in [0.15, 0.2) is 18.2 Å². The van der Waals surface area contributed by atoms with Crippen LogP contribution in [0.3, 0.4) is 0 Å². The molecule has 0 aliphatic rings. The van der Waals surface area contributed by atoms with Gasteiger partial charge in [-0.1, -0.05) is 29.3 Å². The first kappa shape index (κ1) is 11.7. The normalized spacial score (nSPS) is 11.8. The van der Waals surface area contributed by atoms with Crippen LogP contribution in [0.4, 0.5) is 8.78 Å². The van der Waals surface area contributed by atoms with Crippen LogP contribution in [-0.4, -0.2) is 13.6 Å². The molecule has 0 radical (unpaired) electrons. The largest absolute Gasteiger partial charge is 0.314 e. The Labute approximate surface area is 91.0 Å². The predicted octanol–water partition coefficient (Wildman–Crippen LogP) is 3.30. The fourth-order valence-electron chi connectivity index (χ4n) is 1.05. The predicted molar refractivity (Wildman–Crippen MR) is 54.3 cm³/mol. The van der Waals surface area contributed by atoms with Crippen molar-refractivity contribution in [1.29, 1.82) is 0 Å². The van der Waals surface area contributed by atoms with E-state index in [-0.39, 0.29) is 15.6 Å². The van der Waals surface area contributed by atoms with Gasteiger partial charge in [0.15, 0.2) is 0 Å². The number of likely N-dealkylation sites (N-methyl/N-ethyl adjacent to an activating group) is 1. The van der Waals surface area contributed by atoms with Crippen LogP contribution in [0.2, 0.25) is 10.0 Å². The molecule has 5 heteroatoms. The molecule has 0 atom stereocenters. The van der Waals surface area contributed by atoms with Crippen molar-refractivity contribution in [2.24, 2.45) is 0 Å². The molecule has 0 bridgehead atoms. The van der Waals surface area contributed by atoms with E-state index in [4.69, 9.17) is 23.2 Å². The Morgan fingerprint density at radius 1 is 1.29 bits per heavy atom. The highest BCUT2D eigenvalue weighted by Crippen LogP contribution is 2.31. The van der Waals surface area contributed by atoms with E-state index in [1.165, 1.54) is 25.2 Å².